The zero-order valence-corrected chi connectivity index (χ0v) is 9.50. The summed E-state index contributed by atoms with van der Waals surface area (Å²) in [6.45, 7) is 0. The van der Waals surface area contributed by atoms with Crippen LogP contribution in [0, 0.1) is 0 Å². The van der Waals surface area contributed by atoms with Crippen LogP contribution in [-0.4, -0.2) is 27.4 Å². The second-order valence-corrected chi connectivity index (χ2v) is 4.32. The average molecular weight is 271 g/mol. The lowest BCUT2D eigenvalue weighted by Crippen LogP contribution is -2.38. The van der Waals surface area contributed by atoms with Crippen molar-refractivity contribution in [1.29, 1.82) is 0 Å². The molecule has 0 amide bonds. The molecule has 2 N–H and O–H groups in total. The molecule has 2 rings (SSSR count). The smallest absolute Gasteiger partial charge is 0.152 e. The molecule has 1 aromatic heterocycles. The van der Waals surface area contributed by atoms with Gasteiger partial charge in [0.25, 0.3) is 0 Å². The van der Waals surface area contributed by atoms with Gasteiger partial charge in [-0.1, -0.05) is 12.2 Å². The van der Waals surface area contributed by atoms with E-state index < -0.39 is 6.10 Å². The Hall–Kier alpha value is -0.910. The Morgan fingerprint density at radius 2 is 2.27 bits per heavy atom. The van der Waals surface area contributed by atoms with Crippen molar-refractivity contribution in [2.75, 3.05) is 5.06 Å². The van der Waals surface area contributed by atoms with E-state index in [2.05, 4.69) is 20.9 Å². The summed E-state index contributed by atoms with van der Waals surface area (Å²) in [5, 5.41) is 20.4. The first kappa shape index (κ1) is 10.6. The van der Waals surface area contributed by atoms with E-state index in [1.54, 1.807) is 24.4 Å². The molecular weight excluding hydrogens is 260 g/mol. The number of anilines is 1. The number of hydroxylamine groups is 1. The lowest BCUT2D eigenvalue weighted by molar-refractivity contribution is 0.126. The number of hydrogen-bond acceptors (Lipinski definition) is 4. The first-order valence-corrected chi connectivity index (χ1v) is 5.42. The summed E-state index contributed by atoms with van der Waals surface area (Å²) in [6.07, 6.45) is 5.10. The predicted molar refractivity (Wildman–Crippen MR) is 59.8 cm³/mol. The Kier molecular flexibility index (Phi) is 3.04. The summed E-state index contributed by atoms with van der Waals surface area (Å²) in [7, 11) is 0. The van der Waals surface area contributed by atoms with Crippen LogP contribution in [0.5, 0.6) is 0 Å². The largest absolute Gasteiger partial charge is 0.387 e. The number of hydrogen-bond donors (Lipinski definition) is 2. The van der Waals surface area contributed by atoms with Crippen molar-refractivity contribution in [2.24, 2.45) is 0 Å². The molecule has 0 bridgehead atoms. The lowest BCUT2D eigenvalue weighted by atomic mass is 10.2. The fourth-order valence-corrected chi connectivity index (χ4v) is 1.78. The van der Waals surface area contributed by atoms with E-state index >= 15 is 0 Å². The van der Waals surface area contributed by atoms with Crippen LogP contribution in [0.4, 0.5) is 5.82 Å². The molecule has 1 heterocycles. The van der Waals surface area contributed by atoms with Crippen LogP contribution >= 0.6 is 15.9 Å². The Morgan fingerprint density at radius 3 is 2.80 bits per heavy atom. The minimum Gasteiger partial charge on any atom is -0.387 e. The van der Waals surface area contributed by atoms with Crippen molar-refractivity contribution in [1.82, 2.24) is 4.98 Å². The molecule has 2 atom stereocenters. The number of rotatable bonds is 2. The zero-order valence-electron chi connectivity index (χ0n) is 7.92. The summed E-state index contributed by atoms with van der Waals surface area (Å²) < 4.78 is 0.852. The van der Waals surface area contributed by atoms with E-state index in [4.69, 9.17) is 0 Å². The highest BCUT2D eigenvalue weighted by atomic mass is 79.9. The number of aliphatic hydroxyl groups is 1. The molecule has 0 radical (unpaired) electrons. The SMILES string of the molecule is O[C@@H]1C=CC[C@H]1N(O)c1ccc(Br)cn1. The van der Waals surface area contributed by atoms with Crippen LogP contribution in [0.3, 0.4) is 0 Å². The van der Waals surface area contributed by atoms with Crippen molar-refractivity contribution in [3.05, 3.63) is 35.0 Å². The van der Waals surface area contributed by atoms with Crippen LogP contribution < -0.4 is 5.06 Å². The Labute approximate surface area is 96.0 Å². The molecule has 1 aliphatic carbocycles. The van der Waals surface area contributed by atoms with Crippen molar-refractivity contribution in [3.8, 4) is 0 Å². The zero-order chi connectivity index (χ0) is 10.8. The van der Waals surface area contributed by atoms with Gasteiger partial charge in [-0.25, -0.2) is 10.0 Å². The average Bonchev–Trinajstić information content (AvgIpc) is 2.65. The van der Waals surface area contributed by atoms with Crippen LogP contribution in [0.1, 0.15) is 6.42 Å². The number of aliphatic hydroxyl groups excluding tert-OH is 1. The van der Waals surface area contributed by atoms with Gasteiger partial charge in [-0.2, -0.15) is 0 Å². The molecule has 0 spiro atoms. The molecule has 0 saturated carbocycles. The molecule has 1 aromatic rings. The van der Waals surface area contributed by atoms with E-state index in [9.17, 15) is 10.3 Å². The maximum absolute atomic E-state index is 9.84. The molecule has 0 fully saturated rings. The standard InChI is InChI=1S/C10H11BrN2O2/c11-7-4-5-10(12-6-7)13(15)8-2-1-3-9(8)14/h1,3-6,8-9,14-15H,2H2/t8-,9-/m1/s1. The third-order valence-corrected chi connectivity index (χ3v) is 2.83. The first-order valence-electron chi connectivity index (χ1n) is 4.63. The summed E-state index contributed by atoms with van der Waals surface area (Å²) in [5.74, 6) is 0.436. The molecular formula is C10H11BrN2O2. The minimum atomic E-state index is -0.638. The number of aromatic nitrogens is 1. The van der Waals surface area contributed by atoms with Crippen molar-refractivity contribution in [3.63, 3.8) is 0 Å². The molecule has 80 valence electrons. The normalized spacial score (nSPS) is 24.5. The van der Waals surface area contributed by atoms with Crippen LogP contribution in [0.15, 0.2) is 35.0 Å². The van der Waals surface area contributed by atoms with E-state index in [-0.39, 0.29) is 6.04 Å². The molecule has 0 saturated heterocycles. The summed E-state index contributed by atoms with van der Waals surface area (Å²) in [5.41, 5.74) is 0. The maximum atomic E-state index is 9.84. The summed E-state index contributed by atoms with van der Waals surface area (Å²) in [6, 6.07) is 3.15. The van der Waals surface area contributed by atoms with Gasteiger partial charge in [0.2, 0.25) is 0 Å². The first-order chi connectivity index (χ1) is 7.18. The fraction of sp³-hybridized carbons (Fsp3) is 0.300. The molecule has 0 aliphatic heterocycles. The van der Waals surface area contributed by atoms with Crippen molar-refractivity contribution >= 4 is 21.7 Å². The van der Waals surface area contributed by atoms with Crippen molar-refractivity contribution < 1.29 is 10.3 Å². The van der Waals surface area contributed by atoms with E-state index in [1.807, 2.05) is 6.08 Å². The minimum absolute atomic E-state index is 0.335. The Bertz CT molecular complexity index is 366. The number of halogens is 1. The van der Waals surface area contributed by atoms with Gasteiger partial charge in [0.1, 0.15) is 0 Å². The molecule has 4 nitrogen and oxygen atoms in total. The van der Waals surface area contributed by atoms with Gasteiger partial charge < -0.3 is 5.11 Å². The topological polar surface area (TPSA) is 56.6 Å². The highest BCUT2D eigenvalue weighted by Crippen LogP contribution is 2.22. The van der Waals surface area contributed by atoms with Gasteiger partial charge in [0.05, 0.1) is 12.1 Å². The second kappa shape index (κ2) is 4.30. The van der Waals surface area contributed by atoms with Gasteiger partial charge in [0, 0.05) is 10.7 Å². The quantitative estimate of drug-likeness (QED) is 0.635. The number of nitrogens with zero attached hydrogens (tertiary/aromatic N) is 2. The van der Waals surface area contributed by atoms with Gasteiger partial charge in [0.15, 0.2) is 5.82 Å². The van der Waals surface area contributed by atoms with Gasteiger partial charge in [-0.3, -0.25) is 5.21 Å². The third kappa shape index (κ3) is 2.19. The Morgan fingerprint density at radius 1 is 1.47 bits per heavy atom. The van der Waals surface area contributed by atoms with E-state index in [0.29, 0.717) is 12.2 Å². The predicted octanol–water partition coefficient (Wildman–Crippen LogP) is 1.73. The van der Waals surface area contributed by atoms with E-state index in [0.717, 1.165) is 9.54 Å². The van der Waals surface area contributed by atoms with Gasteiger partial charge in [-0.15, -0.1) is 0 Å². The van der Waals surface area contributed by atoms with Crippen LogP contribution in [0.25, 0.3) is 0 Å². The third-order valence-electron chi connectivity index (χ3n) is 2.37. The van der Waals surface area contributed by atoms with E-state index in [1.165, 1.54) is 0 Å². The fourth-order valence-electron chi connectivity index (χ4n) is 1.54. The van der Waals surface area contributed by atoms with Gasteiger partial charge in [-0.05, 0) is 34.5 Å². The summed E-state index contributed by atoms with van der Waals surface area (Å²) in [4.78, 5) is 4.05. The van der Waals surface area contributed by atoms with Gasteiger partial charge >= 0.3 is 0 Å². The molecule has 0 aromatic carbocycles. The monoisotopic (exact) mass is 270 g/mol. The second-order valence-electron chi connectivity index (χ2n) is 3.40. The van der Waals surface area contributed by atoms with Crippen LogP contribution in [-0.2, 0) is 0 Å². The highest BCUT2D eigenvalue weighted by molar-refractivity contribution is 9.10. The molecule has 0 unspecified atom stereocenters. The molecule has 5 heteroatoms. The molecule has 15 heavy (non-hydrogen) atoms. The lowest BCUT2D eigenvalue weighted by Gasteiger charge is -2.25. The summed E-state index contributed by atoms with van der Waals surface area (Å²) >= 11 is 3.27. The maximum Gasteiger partial charge on any atom is 0.152 e. The highest BCUT2D eigenvalue weighted by Gasteiger charge is 2.27. The van der Waals surface area contributed by atoms with Crippen molar-refractivity contribution in [2.45, 2.75) is 18.6 Å². The van der Waals surface area contributed by atoms with Crippen LogP contribution in [0.2, 0.25) is 0 Å². The Balaban J connectivity index is 2.14. The number of pyridine rings is 1. The molecule has 1 aliphatic rings.